The number of nitrogens with one attached hydrogen (secondary N) is 3. The van der Waals surface area contributed by atoms with Crippen molar-refractivity contribution in [2.45, 2.75) is 18.9 Å². The quantitative estimate of drug-likeness (QED) is 0.280. The number of thiol groups is 1. The number of aromatic carboxylic acids is 1. The fourth-order valence-corrected chi connectivity index (χ4v) is 1.82. The monoisotopic (exact) mass is 343 g/mol. The third kappa shape index (κ3) is 6.04. The highest BCUT2D eigenvalue weighted by Gasteiger charge is 2.15. The number of hydrogen-bond donors (Lipinski definition) is 7. The number of aliphatic hydroxyl groups excluding tert-OH is 1. The summed E-state index contributed by atoms with van der Waals surface area (Å²) in [5.74, 6) is -2.11. The Morgan fingerprint density at radius 2 is 1.96 bits per heavy atom. The Balaban J connectivity index is 2.63. The molecule has 1 aromatic carbocycles. The number of urea groups is 1. The van der Waals surface area contributed by atoms with Gasteiger partial charge in [-0.25, -0.2) is 9.59 Å². The Labute approximate surface area is 137 Å². The normalized spacial score (nSPS) is 11.4. The molecule has 3 amide bonds. The molecule has 0 aliphatic rings. The second-order valence-electron chi connectivity index (χ2n) is 4.59. The van der Waals surface area contributed by atoms with Crippen molar-refractivity contribution in [1.29, 1.82) is 0 Å². The third-order valence-electron chi connectivity index (χ3n) is 2.88. The second-order valence-corrected chi connectivity index (χ2v) is 4.81. The van der Waals surface area contributed by atoms with Crippen LogP contribution in [0.15, 0.2) is 18.2 Å². The highest BCUT2D eigenvalue weighted by molar-refractivity contribution is 7.78. The van der Waals surface area contributed by atoms with E-state index in [9.17, 15) is 24.6 Å². The van der Waals surface area contributed by atoms with E-state index in [1.165, 1.54) is 6.07 Å². The molecule has 0 radical (unpaired) electrons. The van der Waals surface area contributed by atoms with Gasteiger partial charge in [0.15, 0.2) is 0 Å². The number of carbonyl (C=O) groups excluding carboxylic acids is 2. The van der Waals surface area contributed by atoms with Gasteiger partial charge >= 0.3 is 12.0 Å². The van der Waals surface area contributed by atoms with E-state index >= 15 is 0 Å². The molecule has 0 aliphatic heterocycles. The Morgan fingerprint density at radius 3 is 2.52 bits per heavy atom. The number of aliphatic hydroxyl groups is 1. The Kier molecular flexibility index (Phi) is 7.16. The molecule has 0 heterocycles. The molecule has 1 atom stereocenters. The summed E-state index contributed by atoms with van der Waals surface area (Å²) in [7, 11) is 0. The minimum atomic E-state index is -1.34. The minimum Gasteiger partial charge on any atom is -0.507 e. The fourth-order valence-electron chi connectivity index (χ4n) is 1.71. The van der Waals surface area contributed by atoms with E-state index in [1.54, 1.807) is 0 Å². The van der Waals surface area contributed by atoms with Crippen molar-refractivity contribution < 1.29 is 29.7 Å². The number of anilines is 1. The lowest BCUT2D eigenvalue weighted by Crippen LogP contribution is -2.40. The van der Waals surface area contributed by atoms with Crippen LogP contribution in [0.25, 0.3) is 0 Å². The maximum atomic E-state index is 11.8. The summed E-state index contributed by atoms with van der Waals surface area (Å²) in [6, 6.07) is 2.22. The van der Waals surface area contributed by atoms with E-state index in [0.29, 0.717) is 0 Å². The van der Waals surface area contributed by atoms with Crippen molar-refractivity contribution in [3.63, 3.8) is 0 Å². The first kappa shape index (κ1) is 18.6. The number of aromatic hydroxyl groups is 1. The first-order chi connectivity index (χ1) is 10.9. The van der Waals surface area contributed by atoms with Crippen LogP contribution in [0.5, 0.6) is 5.75 Å². The molecule has 0 saturated carbocycles. The summed E-state index contributed by atoms with van der Waals surface area (Å²) >= 11 is 3.59. The van der Waals surface area contributed by atoms with Gasteiger partial charge in [-0.1, -0.05) is 12.8 Å². The van der Waals surface area contributed by atoms with Crippen molar-refractivity contribution in [3.8, 4) is 5.75 Å². The largest absolute Gasteiger partial charge is 0.507 e. The van der Waals surface area contributed by atoms with E-state index in [4.69, 9.17) is 5.11 Å². The predicted octanol–water partition coefficient (Wildman–Crippen LogP) is 0.314. The molecule has 0 fully saturated rings. The van der Waals surface area contributed by atoms with Crippen LogP contribution in [0.3, 0.4) is 0 Å². The molecule has 0 aromatic heterocycles. The summed E-state index contributed by atoms with van der Waals surface area (Å²) in [5.41, 5.74) is -0.200. The van der Waals surface area contributed by atoms with Crippen molar-refractivity contribution in [1.82, 2.24) is 10.0 Å². The van der Waals surface area contributed by atoms with Gasteiger partial charge in [0.05, 0.1) is 12.6 Å². The van der Waals surface area contributed by atoms with Gasteiger partial charge < -0.3 is 30.7 Å². The van der Waals surface area contributed by atoms with E-state index in [2.05, 4.69) is 28.2 Å². The summed E-state index contributed by atoms with van der Waals surface area (Å²) < 4.78 is 2.13. The Hall–Kier alpha value is -2.46. The Bertz CT molecular complexity index is 595. The zero-order chi connectivity index (χ0) is 17.4. The van der Waals surface area contributed by atoms with Crippen LogP contribution in [0, 0.1) is 0 Å². The molecular formula is C13H17N3O6S. The molecule has 0 spiro atoms. The van der Waals surface area contributed by atoms with Gasteiger partial charge in [-0.15, -0.1) is 0 Å². The van der Waals surface area contributed by atoms with Gasteiger partial charge in [0.2, 0.25) is 5.91 Å². The molecule has 0 aliphatic carbocycles. The molecule has 10 heteroatoms. The smallest absolute Gasteiger partial charge is 0.339 e. The number of carboxylic acid groups (broad SMARTS) is 1. The molecule has 0 bridgehead atoms. The van der Waals surface area contributed by atoms with Crippen molar-refractivity contribution >= 4 is 36.4 Å². The van der Waals surface area contributed by atoms with Crippen LogP contribution >= 0.6 is 12.8 Å². The molecule has 23 heavy (non-hydrogen) atoms. The number of rotatable bonds is 7. The van der Waals surface area contributed by atoms with Crippen LogP contribution in [-0.2, 0) is 4.79 Å². The first-order valence-corrected chi connectivity index (χ1v) is 6.99. The average Bonchev–Trinajstić information content (AvgIpc) is 2.52. The van der Waals surface area contributed by atoms with E-state index in [0.717, 1.165) is 12.1 Å². The third-order valence-corrected chi connectivity index (χ3v) is 3.13. The highest BCUT2D eigenvalue weighted by atomic mass is 32.1. The minimum absolute atomic E-state index is 0.0668. The fraction of sp³-hybridized carbons (Fsp3) is 0.308. The molecule has 9 nitrogen and oxygen atoms in total. The number of phenols is 1. The van der Waals surface area contributed by atoms with Gasteiger partial charge in [0.25, 0.3) is 0 Å². The van der Waals surface area contributed by atoms with Gasteiger partial charge in [-0.05, 0) is 24.6 Å². The van der Waals surface area contributed by atoms with Crippen LogP contribution in [-0.4, -0.2) is 45.9 Å². The first-order valence-electron chi connectivity index (χ1n) is 6.55. The number of carbonyl (C=O) groups is 3. The molecule has 1 unspecified atom stereocenters. The number of amides is 3. The van der Waals surface area contributed by atoms with E-state index in [1.807, 2.05) is 0 Å². The molecule has 0 saturated heterocycles. The lowest BCUT2D eigenvalue weighted by atomic mass is 10.1. The maximum Gasteiger partial charge on any atom is 0.339 e. The van der Waals surface area contributed by atoms with E-state index < -0.39 is 23.8 Å². The second kappa shape index (κ2) is 8.86. The Morgan fingerprint density at radius 1 is 1.26 bits per heavy atom. The predicted molar refractivity (Wildman–Crippen MR) is 84.5 cm³/mol. The van der Waals surface area contributed by atoms with E-state index in [-0.39, 0.29) is 36.6 Å². The highest BCUT2D eigenvalue weighted by Crippen LogP contribution is 2.21. The van der Waals surface area contributed by atoms with Gasteiger partial charge in [0, 0.05) is 12.1 Å². The average molecular weight is 343 g/mol. The zero-order valence-corrected chi connectivity index (χ0v) is 12.8. The summed E-state index contributed by atoms with van der Waals surface area (Å²) in [6.45, 7) is -0.372. The zero-order valence-electron chi connectivity index (χ0n) is 11.9. The van der Waals surface area contributed by atoms with Crippen molar-refractivity contribution in [3.05, 3.63) is 23.8 Å². The maximum absolute atomic E-state index is 11.8. The SMILES string of the molecule is O=C(CCC(CO)NC(=O)Nc1ccc(O)c(C(=O)O)c1)NS. The van der Waals surface area contributed by atoms with Crippen LogP contribution in [0.2, 0.25) is 0 Å². The topological polar surface area (TPSA) is 148 Å². The molecular weight excluding hydrogens is 326 g/mol. The standard InChI is InChI=1S/C13H17N3O6S/c17-6-8(2-4-11(19)16-23)15-13(22)14-7-1-3-10(18)9(5-7)12(20)21/h1,3,5,8,17-18,23H,2,4,6H2,(H,16,19)(H,20,21)(H2,14,15,22). The number of benzene rings is 1. The van der Waals surface area contributed by atoms with Crippen LogP contribution in [0.4, 0.5) is 10.5 Å². The summed E-state index contributed by atoms with van der Waals surface area (Å²) in [4.78, 5) is 33.8. The van der Waals surface area contributed by atoms with Crippen molar-refractivity contribution in [2.75, 3.05) is 11.9 Å². The number of carboxylic acids is 1. The van der Waals surface area contributed by atoms with Gasteiger partial charge in [-0.2, -0.15) is 0 Å². The molecule has 1 rings (SSSR count). The molecule has 1 aromatic rings. The lowest BCUT2D eigenvalue weighted by Gasteiger charge is -2.16. The summed E-state index contributed by atoms with van der Waals surface area (Å²) in [6.07, 6.45) is 0.268. The molecule has 126 valence electrons. The van der Waals surface area contributed by atoms with Gasteiger partial charge in [0.1, 0.15) is 11.3 Å². The van der Waals surface area contributed by atoms with Crippen molar-refractivity contribution in [2.24, 2.45) is 0 Å². The van der Waals surface area contributed by atoms with Gasteiger partial charge in [-0.3, -0.25) is 4.79 Å². The number of hydrogen-bond acceptors (Lipinski definition) is 6. The lowest BCUT2D eigenvalue weighted by molar-refractivity contribution is -0.119. The van der Waals surface area contributed by atoms with Crippen LogP contribution in [0.1, 0.15) is 23.2 Å². The summed E-state index contributed by atoms with van der Waals surface area (Å²) in [5, 5.41) is 32.3. The van der Waals surface area contributed by atoms with Crippen LogP contribution < -0.4 is 15.4 Å². The molecule has 6 N–H and O–H groups in total.